The molecule has 25 nitrogen and oxygen atoms in total. The molecule has 0 aliphatic carbocycles. The number of carbonyl (C=O) groups is 4. The van der Waals surface area contributed by atoms with Crippen molar-refractivity contribution >= 4 is 103 Å². The molecule has 11 aromatic rings. The van der Waals surface area contributed by atoms with Crippen LogP contribution in [0.15, 0.2) is 196 Å². The molecule has 570 valence electrons. The van der Waals surface area contributed by atoms with Gasteiger partial charge in [-0.3, -0.25) is 0 Å². The number of halogens is 1. The van der Waals surface area contributed by atoms with E-state index in [9.17, 15) is 44.4 Å². The number of nitrogens with one attached hydrogen (secondary N) is 2. The number of carbonyl (C=O) groups excluding carboxylic acids is 4. The molecule has 6 heterocycles. The van der Waals surface area contributed by atoms with Gasteiger partial charge in [0.1, 0.15) is 49.8 Å². The van der Waals surface area contributed by atoms with Crippen molar-refractivity contribution in [2.24, 2.45) is 0 Å². The second-order valence-corrected chi connectivity index (χ2v) is 35.5. The van der Waals surface area contributed by atoms with Gasteiger partial charge in [-0.2, -0.15) is 8.61 Å². The van der Waals surface area contributed by atoms with Crippen LogP contribution in [0.25, 0.3) is 55.6 Å². The Labute approximate surface area is 637 Å². The molecule has 0 saturated carbocycles. The van der Waals surface area contributed by atoms with Gasteiger partial charge >= 0.3 is 24.4 Å². The first-order valence-corrected chi connectivity index (χ1v) is 39.2. The molecule has 0 aliphatic heterocycles. The number of benzene rings is 5. The molecular weight excluding hydrogens is 1510 g/mol. The Balaban J connectivity index is 0.000000190. The summed E-state index contributed by atoms with van der Waals surface area (Å²) in [5.74, 6) is 1.40. The van der Waals surface area contributed by atoms with Crippen molar-refractivity contribution in [3.05, 3.63) is 214 Å². The third kappa shape index (κ3) is 20.6. The smallest absolute Gasteiger partial charge is 0.424 e. The number of pyridine rings is 3. The van der Waals surface area contributed by atoms with Crippen LogP contribution in [0, 0.1) is 20.8 Å². The van der Waals surface area contributed by atoms with E-state index in [1.807, 2.05) is 81.4 Å². The van der Waals surface area contributed by atoms with E-state index >= 15 is 0 Å². The summed E-state index contributed by atoms with van der Waals surface area (Å²) < 4.78 is 120. The van der Waals surface area contributed by atoms with Crippen molar-refractivity contribution in [3.8, 4) is 34.0 Å². The Morgan fingerprint density at radius 1 is 0.463 bits per heavy atom. The number of aromatic amines is 1. The fourth-order valence-electron chi connectivity index (χ4n) is 10.6. The quantitative estimate of drug-likeness (QED) is 0.0670. The lowest BCUT2D eigenvalue weighted by Gasteiger charge is -2.27. The number of hydrogen-bond acceptors (Lipinski definition) is 19. The van der Waals surface area contributed by atoms with E-state index in [0.29, 0.717) is 52.2 Å². The number of methoxy groups -OCH3 is 2. The van der Waals surface area contributed by atoms with Gasteiger partial charge in [0.15, 0.2) is 5.65 Å². The van der Waals surface area contributed by atoms with Crippen LogP contribution in [0.2, 0.25) is 0 Å². The van der Waals surface area contributed by atoms with Gasteiger partial charge < -0.3 is 33.4 Å². The van der Waals surface area contributed by atoms with Gasteiger partial charge in [0.25, 0.3) is 20.0 Å². The Kier molecular flexibility index (Phi) is 24.6. The first-order valence-electron chi connectivity index (χ1n) is 34.0. The fraction of sp³-hybridized carbons (Fsp3) is 0.304. The van der Waals surface area contributed by atoms with Crippen molar-refractivity contribution in [2.75, 3.05) is 14.2 Å². The van der Waals surface area contributed by atoms with E-state index < -0.39 is 83.4 Å². The summed E-state index contributed by atoms with van der Waals surface area (Å²) in [5.41, 5.74) is 5.08. The van der Waals surface area contributed by atoms with E-state index in [-0.39, 0.29) is 39.1 Å². The van der Waals surface area contributed by atoms with Crippen LogP contribution in [0.5, 0.6) is 11.5 Å². The third-order valence-electron chi connectivity index (χ3n) is 15.8. The monoisotopic (exact) mass is 1590 g/mol. The maximum Gasteiger partial charge on any atom is 0.424 e. The lowest BCUT2D eigenvalue weighted by molar-refractivity contribution is 0.0369. The Morgan fingerprint density at radius 2 is 0.843 bits per heavy atom. The van der Waals surface area contributed by atoms with Gasteiger partial charge in [-0.1, -0.05) is 77.4 Å². The molecule has 6 aromatic heterocycles. The van der Waals surface area contributed by atoms with E-state index in [1.54, 1.807) is 176 Å². The molecule has 0 spiro atoms. The van der Waals surface area contributed by atoms with Crippen LogP contribution in [-0.4, -0.2) is 124 Å². The van der Waals surface area contributed by atoms with Gasteiger partial charge in [-0.25, -0.2) is 73.2 Å². The Morgan fingerprint density at radius 3 is 1.25 bits per heavy atom. The highest BCUT2D eigenvalue weighted by molar-refractivity contribution is 9.10. The summed E-state index contributed by atoms with van der Waals surface area (Å²) in [6.07, 6.45) is 1.19. The number of nitrogens with zero attached hydrogens (tertiary/aromatic N) is 7. The van der Waals surface area contributed by atoms with E-state index in [0.717, 1.165) is 50.2 Å². The molecule has 5 aromatic carbocycles. The molecule has 29 heteroatoms. The summed E-state index contributed by atoms with van der Waals surface area (Å²) in [4.78, 5) is 69.9. The topological polar surface area (TPSA) is 309 Å². The predicted molar refractivity (Wildman–Crippen MR) is 416 cm³/mol. The van der Waals surface area contributed by atoms with E-state index in [4.69, 9.17) is 33.4 Å². The molecule has 0 aliphatic rings. The van der Waals surface area contributed by atoms with Gasteiger partial charge in [-0.05, 0) is 222 Å². The SMILES string of the molecule is COc1cccc(-c2ccc3c(CN(C(=O)OC(C)(C)C)S(=O)(=O)c4ccc(C)cc4)cn(C(=O)OC(C)(C)C)c3n2)c1.COc1cccc(-c2ccc3c(CNS(=O)(=O)c4ccc(C)cc4)c[nH]c3n2)c1.Cc1ccc(S(=O)(=O)N(Cc2cn(C(=O)OC(C)(C)C)c3nc(Br)ccc23)C(=O)OC(C)(C)C)cc1. The number of aryl methyl sites for hydroxylation is 3. The number of fused-ring (bicyclic) bond motifs is 3. The van der Waals surface area contributed by atoms with Gasteiger partial charge in [0.2, 0.25) is 10.0 Å². The van der Waals surface area contributed by atoms with Crippen molar-refractivity contribution in [3.63, 3.8) is 0 Å². The lowest BCUT2D eigenvalue weighted by Crippen LogP contribution is -2.40. The minimum Gasteiger partial charge on any atom is -0.497 e. The molecule has 11 rings (SSSR count). The van der Waals surface area contributed by atoms with Crippen LogP contribution in [0.1, 0.15) is 116 Å². The average molecular weight is 1600 g/mol. The molecule has 0 bridgehead atoms. The standard InChI is InChI=1S/C32H37N3O7S.C25H30BrN3O6S.C22H21N3O3S/c1-21-12-14-25(15-13-21)43(38,39)35(30(37)42-32(5,6)7)20-23-19-34(29(36)41-31(2,3)4)28-26(23)16-17-27(33-28)22-10-9-11-24(18-22)40-8;1-16-8-10-18(11-9-16)36(32,33)29(23(31)35-25(5,6)7)15-17-14-28(22(30)34-24(2,3)4)21-19(17)12-13-20(26)27-21;1-15-6-8-19(9-7-15)29(26,27)24-14-17-13-23-22-20(17)10-11-21(25-22)16-4-3-5-18(12-16)28-2/h9-19H,20H2,1-8H3;8-14H,15H2,1-7H3;3-13,24H,14H2,1-2H3,(H,23,25). The van der Waals surface area contributed by atoms with Crippen LogP contribution in [0.3, 0.4) is 0 Å². The fourth-order valence-corrected chi connectivity index (χ4v) is 14.5. The molecule has 0 atom stereocenters. The number of amides is 2. The highest BCUT2D eigenvalue weighted by Crippen LogP contribution is 2.34. The van der Waals surface area contributed by atoms with E-state index in [1.165, 1.54) is 45.8 Å². The largest absolute Gasteiger partial charge is 0.497 e. The van der Waals surface area contributed by atoms with Crippen LogP contribution in [0.4, 0.5) is 19.2 Å². The average Bonchev–Trinajstić information content (AvgIpc) is 1.61. The van der Waals surface area contributed by atoms with Crippen molar-refractivity contribution in [2.45, 2.75) is 161 Å². The van der Waals surface area contributed by atoms with Crippen molar-refractivity contribution in [1.82, 2.24) is 42.4 Å². The second-order valence-electron chi connectivity index (χ2n) is 29.2. The number of aromatic nitrogens is 6. The summed E-state index contributed by atoms with van der Waals surface area (Å²) >= 11 is 3.30. The normalized spacial score (nSPS) is 12.1. The van der Waals surface area contributed by atoms with Gasteiger partial charge in [0.05, 0.1) is 53.4 Å². The number of hydrogen-bond donors (Lipinski definition) is 2. The summed E-state index contributed by atoms with van der Waals surface area (Å²) in [6, 6.07) is 44.8. The first-order chi connectivity index (χ1) is 50.4. The Hall–Kier alpha value is -10.5. The third-order valence-corrected chi connectivity index (χ3v) is 21.1. The molecule has 2 amide bonds. The molecule has 2 N–H and O–H groups in total. The zero-order valence-corrected chi connectivity index (χ0v) is 67.2. The van der Waals surface area contributed by atoms with Crippen molar-refractivity contribution < 1.29 is 72.9 Å². The second kappa shape index (κ2) is 32.5. The highest BCUT2D eigenvalue weighted by Gasteiger charge is 2.37. The summed E-state index contributed by atoms with van der Waals surface area (Å²) in [6.45, 7) is 25.3. The molecule has 0 unspecified atom stereocenters. The molecule has 0 saturated heterocycles. The minimum absolute atomic E-state index is 0.0595. The first kappa shape index (κ1) is 81.6. The lowest BCUT2D eigenvalue weighted by atomic mass is 10.1. The van der Waals surface area contributed by atoms with Gasteiger partial charge in [0, 0.05) is 63.5 Å². The molecular formula is C79H88BrN9O16S3. The molecule has 108 heavy (non-hydrogen) atoms. The maximum atomic E-state index is 13.8. The summed E-state index contributed by atoms with van der Waals surface area (Å²) in [7, 11) is -9.04. The van der Waals surface area contributed by atoms with E-state index in [2.05, 4.69) is 35.6 Å². The van der Waals surface area contributed by atoms with Crippen molar-refractivity contribution in [1.29, 1.82) is 0 Å². The van der Waals surface area contributed by atoms with Gasteiger partial charge in [-0.15, -0.1) is 0 Å². The zero-order chi connectivity index (χ0) is 79.2. The zero-order valence-electron chi connectivity index (χ0n) is 63.1. The maximum absolute atomic E-state index is 13.8. The summed E-state index contributed by atoms with van der Waals surface area (Å²) in [5, 5.41) is 1.82. The Bertz CT molecular complexity index is 5500. The van der Waals surface area contributed by atoms with Crippen LogP contribution in [-0.2, 0) is 68.7 Å². The molecule has 0 fully saturated rings. The number of ether oxygens (including phenoxy) is 6. The number of sulfonamides is 3. The number of H-pyrrole nitrogens is 1. The predicted octanol–water partition coefficient (Wildman–Crippen LogP) is 17.0. The van der Waals surface area contributed by atoms with Crippen LogP contribution >= 0.6 is 15.9 Å². The van der Waals surface area contributed by atoms with Crippen LogP contribution < -0.4 is 14.2 Å². The minimum atomic E-state index is -4.36. The highest BCUT2D eigenvalue weighted by atomic mass is 79.9. The number of rotatable bonds is 16. The molecule has 0 radical (unpaired) electrons.